The quantitative estimate of drug-likeness (QED) is 0.863. The lowest BCUT2D eigenvalue weighted by atomic mass is 9.98. The molecule has 1 aromatic carbocycles. The zero-order valence-electron chi connectivity index (χ0n) is 9.42. The van der Waals surface area contributed by atoms with E-state index in [4.69, 9.17) is 9.47 Å². The molecule has 1 aliphatic rings. The molecule has 2 rings (SSSR count). The molecule has 16 heavy (non-hydrogen) atoms. The van der Waals surface area contributed by atoms with Crippen LogP contribution in [0.2, 0.25) is 0 Å². The molecule has 0 aromatic heterocycles. The van der Waals surface area contributed by atoms with Crippen LogP contribution < -0.4 is 9.47 Å². The maximum Gasteiger partial charge on any atom is 0.175 e. The highest BCUT2D eigenvalue weighted by atomic mass is 79.9. The van der Waals surface area contributed by atoms with E-state index in [9.17, 15) is 5.11 Å². The van der Waals surface area contributed by atoms with Crippen molar-refractivity contribution >= 4 is 15.9 Å². The summed E-state index contributed by atoms with van der Waals surface area (Å²) in [6.07, 6.45) is 0.874. The summed E-state index contributed by atoms with van der Waals surface area (Å²) in [4.78, 5) is 0. The van der Waals surface area contributed by atoms with Crippen LogP contribution in [0, 0.1) is 0 Å². The van der Waals surface area contributed by atoms with Crippen LogP contribution in [0.25, 0.3) is 0 Å². The van der Waals surface area contributed by atoms with Crippen LogP contribution in [0.4, 0.5) is 0 Å². The van der Waals surface area contributed by atoms with Gasteiger partial charge in [0.2, 0.25) is 0 Å². The Hall–Kier alpha value is -0.740. The molecular weight excluding hydrogens is 272 g/mol. The Morgan fingerprint density at radius 2 is 1.94 bits per heavy atom. The fraction of sp³-hybridized carbons (Fsp3) is 0.500. The third kappa shape index (κ3) is 2.18. The number of fused-ring (bicyclic) bond motifs is 1. The largest absolute Gasteiger partial charge is 0.490 e. The number of halogens is 1. The van der Waals surface area contributed by atoms with Crippen molar-refractivity contribution in [2.75, 3.05) is 13.2 Å². The van der Waals surface area contributed by atoms with Gasteiger partial charge in [-0.2, -0.15) is 0 Å². The zero-order valence-corrected chi connectivity index (χ0v) is 11.0. The van der Waals surface area contributed by atoms with Gasteiger partial charge in [0, 0.05) is 12.0 Å². The number of hydrogen-bond donors (Lipinski definition) is 1. The van der Waals surface area contributed by atoms with E-state index < -0.39 is 5.60 Å². The summed E-state index contributed by atoms with van der Waals surface area (Å²) in [5.74, 6) is 1.43. The number of hydrogen-bond acceptors (Lipinski definition) is 3. The molecule has 1 heterocycles. The zero-order chi connectivity index (χ0) is 11.8. The van der Waals surface area contributed by atoms with Crippen molar-refractivity contribution in [1.29, 1.82) is 0 Å². The van der Waals surface area contributed by atoms with Gasteiger partial charge in [-0.1, -0.05) is 6.07 Å². The summed E-state index contributed by atoms with van der Waals surface area (Å²) < 4.78 is 12.0. The summed E-state index contributed by atoms with van der Waals surface area (Å²) in [5, 5.41) is 10.0. The molecule has 0 atom stereocenters. The first kappa shape index (κ1) is 11.7. The minimum Gasteiger partial charge on any atom is -0.490 e. The van der Waals surface area contributed by atoms with E-state index in [1.54, 1.807) is 13.8 Å². The molecule has 0 saturated carbocycles. The molecule has 1 N–H and O–H groups in total. The molecule has 88 valence electrons. The molecule has 0 saturated heterocycles. The van der Waals surface area contributed by atoms with E-state index in [1.165, 1.54) is 0 Å². The van der Waals surface area contributed by atoms with E-state index in [1.807, 2.05) is 12.1 Å². The van der Waals surface area contributed by atoms with E-state index in [0.29, 0.717) is 19.0 Å². The fourth-order valence-corrected chi connectivity index (χ4v) is 2.60. The lowest BCUT2D eigenvalue weighted by Gasteiger charge is -2.21. The van der Waals surface area contributed by atoms with Crippen molar-refractivity contribution < 1.29 is 14.6 Å². The van der Waals surface area contributed by atoms with Crippen LogP contribution in [0.15, 0.2) is 16.6 Å². The Kier molecular flexibility index (Phi) is 3.13. The minimum atomic E-state index is -0.899. The average Bonchev–Trinajstić information content (AvgIpc) is 2.41. The highest BCUT2D eigenvalue weighted by Crippen LogP contribution is 2.42. The second kappa shape index (κ2) is 4.26. The Morgan fingerprint density at radius 1 is 1.25 bits per heavy atom. The van der Waals surface area contributed by atoms with Gasteiger partial charge in [0.1, 0.15) is 0 Å². The smallest absolute Gasteiger partial charge is 0.175 e. The molecule has 0 radical (unpaired) electrons. The van der Waals surface area contributed by atoms with Crippen LogP contribution in [0.3, 0.4) is 0 Å². The van der Waals surface area contributed by atoms with Crippen molar-refractivity contribution in [2.45, 2.75) is 25.9 Å². The van der Waals surface area contributed by atoms with Crippen molar-refractivity contribution in [1.82, 2.24) is 0 Å². The van der Waals surface area contributed by atoms with Crippen LogP contribution in [0.1, 0.15) is 25.8 Å². The average molecular weight is 287 g/mol. The van der Waals surface area contributed by atoms with Gasteiger partial charge in [0.05, 0.1) is 23.3 Å². The second-order valence-electron chi connectivity index (χ2n) is 4.36. The second-order valence-corrected chi connectivity index (χ2v) is 5.16. The Labute approximate surface area is 104 Å². The molecule has 0 spiro atoms. The number of ether oxygens (including phenoxy) is 2. The van der Waals surface area contributed by atoms with Gasteiger partial charge < -0.3 is 14.6 Å². The van der Waals surface area contributed by atoms with Crippen molar-refractivity contribution in [3.63, 3.8) is 0 Å². The van der Waals surface area contributed by atoms with Crippen molar-refractivity contribution in [2.24, 2.45) is 0 Å². The van der Waals surface area contributed by atoms with Gasteiger partial charge in [-0.3, -0.25) is 0 Å². The maximum absolute atomic E-state index is 10.0. The first-order valence-corrected chi connectivity index (χ1v) is 6.10. The molecule has 3 nitrogen and oxygen atoms in total. The van der Waals surface area contributed by atoms with E-state index in [2.05, 4.69) is 15.9 Å². The normalized spacial score (nSPS) is 15.8. The Morgan fingerprint density at radius 3 is 2.62 bits per heavy atom. The molecule has 0 bridgehead atoms. The van der Waals surface area contributed by atoms with Crippen LogP contribution in [0.5, 0.6) is 11.5 Å². The van der Waals surface area contributed by atoms with Gasteiger partial charge in [-0.15, -0.1) is 0 Å². The molecule has 0 unspecified atom stereocenters. The first-order chi connectivity index (χ1) is 7.50. The third-order valence-corrected chi connectivity index (χ3v) is 3.30. The molecule has 1 aromatic rings. The van der Waals surface area contributed by atoms with Crippen LogP contribution >= 0.6 is 15.9 Å². The molecular formula is C12H15BrO3. The maximum atomic E-state index is 10.0. The Bertz CT molecular complexity index is 396. The first-order valence-electron chi connectivity index (χ1n) is 5.31. The summed E-state index contributed by atoms with van der Waals surface area (Å²) in [6.45, 7) is 4.80. The van der Waals surface area contributed by atoms with E-state index in [0.717, 1.165) is 22.2 Å². The van der Waals surface area contributed by atoms with Crippen LogP contribution in [-0.2, 0) is 5.60 Å². The Balaban J connectivity index is 2.50. The molecule has 1 aliphatic heterocycles. The third-order valence-electron chi connectivity index (χ3n) is 2.51. The van der Waals surface area contributed by atoms with Crippen LogP contribution in [-0.4, -0.2) is 18.3 Å². The summed E-state index contributed by atoms with van der Waals surface area (Å²) in [6, 6.07) is 3.70. The van der Waals surface area contributed by atoms with Gasteiger partial charge >= 0.3 is 0 Å². The summed E-state index contributed by atoms with van der Waals surface area (Å²) in [5.41, 5.74) is -0.0967. The topological polar surface area (TPSA) is 38.7 Å². The van der Waals surface area contributed by atoms with E-state index in [-0.39, 0.29) is 0 Å². The fourth-order valence-electron chi connectivity index (χ4n) is 1.67. The van der Waals surface area contributed by atoms with Gasteiger partial charge in [-0.05, 0) is 35.8 Å². The highest BCUT2D eigenvalue weighted by molar-refractivity contribution is 9.10. The molecule has 0 aliphatic carbocycles. The minimum absolute atomic E-state index is 0.640. The molecule has 4 heteroatoms. The molecule has 0 fully saturated rings. The number of aliphatic hydroxyl groups is 1. The van der Waals surface area contributed by atoms with E-state index >= 15 is 0 Å². The molecule has 0 amide bonds. The van der Waals surface area contributed by atoms with Gasteiger partial charge in [0.15, 0.2) is 11.5 Å². The monoisotopic (exact) mass is 286 g/mol. The van der Waals surface area contributed by atoms with Crippen molar-refractivity contribution in [3.8, 4) is 11.5 Å². The predicted molar refractivity (Wildman–Crippen MR) is 65.0 cm³/mol. The SMILES string of the molecule is CC(C)(O)c1ccc2c(c1Br)OCCCO2. The summed E-state index contributed by atoms with van der Waals surface area (Å²) in [7, 11) is 0. The number of rotatable bonds is 1. The lowest BCUT2D eigenvalue weighted by molar-refractivity contribution is 0.0774. The highest BCUT2D eigenvalue weighted by Gasteiger charge is 2.24. The van der Waals surface area contributed by atoms with Crippen molar-refractivity contribution in [3.05, 3.63) is 22.2 Å². The van der Waals surface area contributed by atoms with Gasteiger partial charge in [0.25, 0.3) is 0 Å². The number of benzene rings is 1. The summed E-state index contributed by atoms with van der Waals surface area (Å²) >= 11 is 3.47. The standard InChI is InChI=1S/C12H15BrO3/c1-12(2,14)8-4-5-9-11(10(8)13)16-7-3-6-15-9/h4-5,14H,3,6-7H2,1-2H3. The predicted octanol–water partition coefficient (Wildman–Crippen LogP) is 2.84. The lowest BCUT2D eigenvalue weighted by Crippen LogP contribution is -2.16. The van der Waals surface area contributed by atoms with Gasteiger partial charge in [-0.25, -0.2) is 0 Å².